The van der Waals surface area contributed by atoms with E-state index in [9.17, 15) is 0 Å². The molecular weight excluding hydrogens is 280 g/mol. The molecule has 0 fully saturated rings. The van der Waals surface area contributed by atoms with Crippen LogP contribution in [0, 0.1) is 0 Å². The van der Waals surface area contributed by atoms with Crippen molar-refractivity contribution in [1.82, 2.24) is 9.97 Å². The van der Waals surface area contributed by atoms with Gasteiger partial charge in [0.1, 0.15) is 10.7 Å². The predicted molar refractivity (Wildman–Crippen MR) is 80.2 cm³/mol. The standard InChI is InChI=1S/C13H9ClN4S/c14-8-2-3-10-9(6-8)12(17-7-11(19)18-10)13-15-4-1-5-16-13/h1-6H,7H2,(H,18,19). The van der Waals surface area contributed by atoms with Gasteiger partial charge < -0.3 is 5.32 Å². The van der Waals surface area contributed by atoms with Crippen molar-refractivity contribution in [1.29, 1.82) is 0 Å². The summed E-state index contributed by atoms with van der Waals surface area (Å²) in [5.41, 5.74) is 2.43. The van der Waals surface area contributed by atoms with Crippen molar-refractivity contribution in [3.8, 4) is 0 Å². The topological polar surface area (TPSA) is 50.2 Å². The van der Waals surface area contributed by atoms with E-state index in [4.69, 9.17) is 23.8 Å². The van der Waals surface area contributed by atoms with Crippen LogP contribution in [0.15, 0.2) is 41.7 Å². The third kappa shape index (κ3) is 2.47. The highest BCUT2D eigenvalue weighted by molar-refractivity contribution is 7.80. The molecule has 0 atom stereocenters. The van der Waals surface area contributed by atoms with Crippen LogP contribution in [-0.2, 0) is 0 Å². The fourth-order valence-electron chi connectivity index (χ4n) is 1.86. The second-order valence-electron chi connectivity index (χ2n) is 3.98. The monoisotopic (exact) mass is 288 g/mol. The van der Waals surface area contributed by atoms with Gasteiger partial charge in [0.25, 0.3) is 0 Å². The van der Waals surface area contributed by atoms with Crippen molar-refractivity contribution in [2.45, 2.75) is 0 Å². The highest BCUT2D eigenvalue weighted by atomic mass is 35.5. The third-order valence-corrected chi connectivity index (χ3v) is 3.14. The van der Waals surface area contributed by atoms with Crippen molar-refractivity contribution >= 4 is 40.2 Å². The number of fused-ring (bicyclic) bond motifs is 1. The van der Waals surface area contributed by atoms with Gasteiger partial charge in [-0.3, -0.25) is 4.99 Å². The Hall–Kier alpha value is -1.85. The first-order valence-electron chi connectivity index (χ1n) is 5.65. The molecule has 19 heavy (non-hydrogen) atoms. The molecule has 1 aliphatic heterocycles. The zero-order valence-electron chi connectivity index (χ0n) is 9.80. The van der Waals surface area contributed by atoms with E-state index in [1.807, 2.05) is 18.2 Å². The summed E-state index contributed by atoms with van der Waals surface area (Å²) in [5, 5.41) is 3.79. The van der Waals surface area contributed by atoms with Crippen LogP contribution in [0.25, 0.3) is 0 Å². The maximum atomic E-state index is 6.06. The Labute approximate surface area is 120 Å². The predicted octanol–water partition coefficient (Wildman–Crippen LogP) is 2.72. The summed E-state index contributed by atoms with van der Waals surface area (Å²) in [6.07, 6.45) is 3.37. The van der Waals surface area contributed by atoms with Crippen LogP contribution in [0.3, 0.4) is 0 Å². The van der Waals surface area contributed by atoms with Crippen molar-refractivity contribution in [2.24, 2.45) is 4.99 Å². The molecule has 3 rings (SSSR count). The van der Waals surface area contributed by atoms with Gasteiger partial charge in [0, 0.05) is 28.7 Å². The van der Waals surface area contributed by atoms with Crippen molar-refractivity contribution in [3.63, 3.8) is 0 Å². The van der Waals surface area contributed by atoms with E-state index in [0.29, 0.717) is 28.1 Å². The zero-order chi connectivity index (χ0) is 13.2. The van der Waals surface area contributed by atoms with Crippen molar-refractivity contribution < 1.29 is 0 Å². The summed E-state index contributed by atoms with van der Waals surface area (Å²) in [5.74, 6) is 0.567. The molecule has 0 spiro atoms. The number of aromatic nitrogens is 2. The van der Waals surface area contributed by atoms with E-state index >= 15 is 0 Å². The van der Waals surface area contributed by atoms with Gasteiger partial charge in [0.15, 0.2) is 5.82 Å². The molecule has 4 nitrogen and oxygen atoms in total. The number of nitrogens with one attached hydrogen (secondary N) is 1. The Balaban J connectivity index is 2.20. The average molecular weight is 289 g/mol. The normalized spacial score (nSPS) is 14.2. The number of aliphatic imine (C=N–C) groups is 1. The van der Waals surface area contributed by atoms with E-state index < -0.39 is 0 Å². The number of thiocarbonyl (C=S) groups is 1. The van der Waals surface area contributed by atoms with E-state index in [1.54, 1.807) is 18.5 Å². The second kappa shape index (κ2) is 5.03. The molecule has 0 saturated heterocycles. The number of benzene rings is 1. The fraction of sp³-hybridized carbons (Fsp3) is 0.0769. The molecule has 2 heterocycles. The summed E-state index contributed by atoms with van der Waals surface area (Å²) >= 11 is 11.3. The van der Waals surface area contributed by atoms with Crippen LogP contribution in [0.2, 0.25) is 5.02 Å². The molecule has 94 valence electrons. The highest BCUT2D eigenvalue weighted by Crippen LogP contribution is 2.25. The van der Waals surface area contributed by atoms with E-state index in [2.05, 4.69) is 20.3 Å². The van der Waals surface area contributed by atoms with Gasteiger partial charge in [-0.1, -0.05) is 23.8 Å². The van der Waals surface area contributed by atoms with Crippen LogP contribution in [-0.4, -0.2) is 27.2 Å². The number of hydrogen-bond donors (Lipinski definition) is 1. The first kappa shape index (κ1) is 12.2. The molecule has 1 aromatic carbocycles. The van der Waals surface area contributed by atoms with Gasteiger partial charge in [0.05, 0.1) is 6.54 Å². The first-order chi connectivity index (χ1) is 9.24. The van der Waals surface area contributed by atoms with Crippen LogP contribution < -0.4 is 5.32 Å². The van der Waals surface area contributed by atoms with Crippen LogP contribution in [0.4, 0.5) is 5.69 Å². The molecule has 0 radical (unpaired) electrons. The molecule has 0 unspecified atom stereocenters. The maximum absolute atomic E-state index is 6.06. The largest absolute Gasteiger partial charge is 0.348 e. The minimum absolute atomic E-state index is 0.412. The minimum Gasteiger partial charge on any atom is -0.348 e. The summed E-state index contributed by atoms with van der Waals surface area (Å²) in [7, 11) is 0. The molecule has 1 aromatic heterocycles. The molecule has 0 bridgehead atoms. The minimum atomic E-state index is 0.412. The molecule has 6 heteroatoms. The summed E-state index contributed by atoms with van der Waals surface area (Å²) < 4.78 is 0. The Morgan fingerprint density at radius 2 is 2.00 bits per heavy atom. The number of anilines is 1. The molecular formula is C13H9ClN4S. The SMILES string of the molecule is S=C1CN=C(c2ncccn2)c2cc(Cl)ccc2N1. The molecule has 2 aromatic rings. The van der Waals surface area contributed by atoms with Crippen LogP contribution in [0.5, 0.6) is 0 Å². The van der Waals surface area contributed by atoms with Crippen LogP contribution in [0.1, 0.15) is 11.4 Å². The van der Waals surface area contributed by atoms with Gasteiger partial charge in [-0.15, -0.1) is 0 Å². The Kier molecular flexibility index (Phi) is 3.23. The van der Waals surface area contributed by atoms with Gasteiger partial charge >= 0.3 is 0 Å². The lowest BCUT2D eigenvalue weighted by atomic mass is 10.1. The number of hydrogen-bond acceptors (Lipinski definition) is 4. The fourth-order valence-corrected chi connectivity index (χ4v) is 2.21. The lowest BCUT2D eigenvalue weighted by Gasteiger charge is -2.09. The van der Waals surface area contributed by atoms with Gasteiger partial charge in [-0.25, -0.2) is 9.97 Å². The first-order valence-corrected chi connectivity index (χ1v) is 6.44. The summed E-state index contributed by atoms with van der Waals surface area (Å²) in [6.45, 7) is 0.412. The molecule has 1 aliphatic rings. The van der Waals surface area contributed by atoms with Gasteiger partial charge in [-0.2, -0.15) is 0 Å². The van der Waals surface area contributed by atoms with Crippen molar-refractivity contribution in [3.05, 3.63) is 53.1 Å². The Morgan fingerprint density at radius 1 is 1.21 bits per heavy atom. The van der Waals surface area contributed by atoms with E-state index in [-0.39, 0.29) is 0 Å². The lowest BCUT2D eigenvalue weighted by Crippen LogP contribution is -2.11. The molecule has 1 N–H and O–H groups in total. The van der Waals surface area contributed by atoms with Gasteiger partial charge in [0.2, 0.25) is 0 Å². The number of benzodiazepines with no additional fused rings is 1. The molecule has 0 saturated carbocycles. The lowest BCUT2D eigenvalue weighted by molar-refractivity contribution is 1.12. The summed E-state index contributed by atoms with van der Waals surface area (Å²) in [4.78, 5) is 13.6. The zero-order valence-corrected chi connectivity index (χ0v) is 11.4. The quantitative estimate of drug-likeness (QED) is 0.820. The number of rotatable bonds is 1. The third-order valence-electron chi connectivity index (χ3n) is 2.67. The van der Waals surface area contributed by atoms with E-state index in [0.717, 1.165) is 11.3 Å². The number of nitrogens with zero attached hydrogens (tertiary/aromatic N) is 3. The Bertz CT molecular complexity index is 670. The van der Waals surface area contributed by atoms with Crippen LogP contribution >= 0.6 is 23.8 Å². The highest BCUT2D eigenvalue weighted by Gasteiger charge is 2.18. The molecule has 0 aliphatic carbocycles. The average Bonchev–Trinajstić information content (AvgIpc) is 2.58. The molecule has 0 amide bonds. The van der Waals surface area contributed by atoms with Gasteiger partial charge in [-0.05, 0) is 24.3 Å². The smallest absolute Gasteiger partial charge is 0.178 e. The number of halogens is 1. The maximum Gasteiger partial charge on any atom is 0.178 e. The second-order valence-corrected chi connectivity index (χ2v) is 4.90. The van der Waals surface area contributed by atoms with E-state index in [1.165, 1.54) is 0 Å². The van der Waals surface area contributed by atoms with Crippen molar-refractivity contribution in [2.75, 3.05) is 11.9 Å². The summed E-state index contributed by atoms with van der Waals surface area (Å²) in [6, 6.07) is 7.30. The Morgan fingerprint density at radius 3 is 2.79 bits per heavy atom.